The van der Waals surface area contributed by atoms with E-state index < -0.39 is 18.5 Å². The minimum absolute atomic E-state index is 0.0463. The molecule has 2 heterocycles. The summed E-state index contributed by atoms with van der Waals surface area (Å²) in [7, 11) is 1.60. The molecule has 1 aliphatic rings. The Bertz CT molecular complexity index is 1130. The van der Waals surface area contributed by atoms with Gasteiger partial charge in [-0.15, -0.1) is 0 Å². The first kappa shape index (κ1) is 21.2. The first-order valence-corrected chi connectivity index (χ1v) is 10.1. The molecule has 3 aromatic rings. The van der Waals surface area contributed by atoms with Gasteiger partial charge in [-0.2, -0.15) is 5.10 Å². The Balaban J connectivity index is 1.53. The Morgan fingerprint density at radius 2 is 1.78 bits per heavy atom. The number of aryl methyl sites for hydroxylation is 1. The van der Waals surface area contributed by atoms with E-state index in [1.807, 2.05) is 54.6 Å². The number of amides is 1. The molecule has 0 radical (unpaired) electrons. The number of methoxy groups -OCH3 is 1. The van der Waals surface area contributed by atoms with Gasteiger partial charge in [0.2, 0.25) is 0 Å². The summed E-state index contributed by atoms with van der Waals surface area (Å²) in [5, 5.41) is 5.96. The lowest BCUT2D eigenvalue weighted by atomic mass is 9.98. The third-order valence-corrected chi connectivity index (χ3v) is 5.09. The van der Waals surface area contributed by atoms with Gasteiger partial charge in [0.1, 0.15) is 5.75 Å². The molecule has 2 aromatic carbocycles. The highest BCUT2D eigenvalue weighted by Crippen LogP contribution is 2.33. The Labute approximate surface area is 185 Å². The maximum Gasteiger partial charge on any atom is 0.359 e. The number of rotatable bonds is 6. The van der Waals surface area contributed by atoms with Crippen LogP contribution in [-0.2, 0) is 9.53 Å². The van der Waals surface area contributed by atoms with Crippen LogP contribution in [-0.4, -0.2) is 46.3 Å². The molecule has 1 amide bonds. The van der Waals surface area contributed by atoms with Gasteiger partial charge in [0.05, 0.1) is 30.8 Å². The summed E-state index contributed by atoms with van der Waals surface area (Å²) in [4.78, 5) is 33.2. The summed E-state index contributed by atoms with van der Waals surface area (Å²) >= 11 is 0. The zero-order chi connectivity index (χ0) is 22.5. The molecule has 0 aliphatic carbocycles. The molecule has 8 heteroatoms. The minimum atomic E-state index is -0.710. The van der Waals surface area contributed by atoms with Crippen molar-refractivity contribution in [1.82, 2.24) is 15.0 Å². The first-order valence-electron chi connectivity index (χ1n) is 10.1. The summed E-state index contributed by atoms with van der Waals surface area (Å²) in [6, 6.07) is 16.9. The molecule has 4 rings (SSSR count). The molecule has 1 aromatic heterocycles. The smallest absolute Gasteiger partial charge is 0.359 e. The van der Waals surface area contributed by atoms with E-state index in [2.05, 4.69) is 15.1 Å². The number of hydrazone groups is 1. The number of carbonyl (C=O) groups excluding carboxylic acids is 2. The fourth-order valence-corrected chi connectivity index (χ4v) is 3.40. The van der Waals surface area contributed by atoms with Crippen LogP contribution in [0, 0.1) is 6.92 Å². The highest BCUT2D eigenvalue weighted by atomic mass is 16.5. The lowest BCUT2D eigenvalue weighted by molar-refractivity contribution is -0.136. The maximum atomic E-state index is 13.0. The van der Waals surface area contributed by atoms with Crippen LogP contribution < -0.4 is 4.74 Å². The molecule has 0 fully saturated rings. The summed E-state index contributed by atoms with van der Waals surface area (Å²) < 4.78 is 10.4. The molecule has 0 unspecified atom stereocenters. The molecule has 162 valence electrons. The van der Waals surface area contributed by atoms with Crippen LogP contribution in [0.1, 0.15) is 39.8 Å². The standard InChI is InChI=1S/C24H22N4O4/c1-16-13-26-21(14-25-16)24(30)32-15-23(29)28-22(18-8-10-19(31-2)11-9-18)12-20(27-28)17-6-4-3-5-7-17/h3-11,13-14,22H,12,15H2,1-2H3/t22-/m0/s1. The van der Waals surface area contributed by atoms with Crippen molar-refractivity contribution < 1.29 is 19.1 Å². The average Bonchev–Trinajstić information content (AvgIpc) is 3.29. The van der Waals surface area contributed by atoms with Crippen LogP contribution in [0.3, 0.4) is 0 Å². The van der Waals surface area contributed by atoms with Gasteiger partial charge in [-0.1, -0.05) is 42.5 Å². The number of ether oxygens (including phenoxy) is 2. The number of nitrogens with zero attached hydrogens (tertiary/aromatic N) is 4. The number of carbonyl (C=O) groups is 2. The molecular formula is C24H22N4O4. The maximum absolute atomic E-state index is 13.0. The van der Waals surface area contributed by atoms with E-state index in [0.717, 1.165) is 22.6 Å². The van der Waals surface area contributed by atoms with E-state index in [1.165, 1.54) is 17.4 Å². The SMILES string of the molecule is COc1ccc([C@@H]2CC(c3ccccc3)=NN2C(=O)COC(=O)c2cnc(C)cn2)cc1. The second-order valence-electron chi connectivity index (χ2n) is 7.26. The summed E-state index contributed by atoms with van der Waals surface area (Å²) in [5.41, 5.74) is 3.36. The van der Waals surface area contributed by atoms with E-state index in [0.29, 0.717) is 12.1 Å². The van der Waals surface area contributed by atoms with Gasteiger partial charge in [0.15, 0.2) is 12.3 Å². The van der Waals surface area contributed by atoms with Crippen LogP contribution in [0.5, 0.6) is 5.75 Å². The molecule has 1 aliphatic heterocycles. The lowest BCUT2D eigenvalue weighted by Gasteiger charge is -2.22. The largest absolute Gasteiger partial charge is 0.497 e. The molecule has 0 saturated carbocycles. The number of hydrogen-bond donors (Lipinski definition) is 0. The van der Waals surface area contributed by atoms with Crippen molar-refractivity contribution in [2.45, 2.75) is 19.4 Å². The number of aromatic nitrogens is 2. The van der Waals surface area contributed by atoms with Gasteiger partial charge < -0.3 is 9.47 Å². The Hall–Kier alpha value is -4.07. The van der Waals surface area contributed by atoms with Crippen LogP contribution in [0.15, 0.2) is 72.1 Å². The fourth-order valence-electron chi connectivity index (χ4n) is 3.40. The van der Waals surface area contributed by atoms with E-state index in [9.17, 15) is 9.59 Å². The second kappa shape index (κ2) is 9.38. The molecule has 0 bridgehead atoms. The van der Waals surface area contributed by atoms with E-state index in [-0.39, 0.29) is 11.7 Å². The van der Waals surface area contributed by atoms with Crippen molar-refractivity contribution in [1.29, 1.82) is 0 Å². The summed E-state index contributed by atoms with van der Waals surface area (Å²) in [6.45, 7) is 1.31. The van der Waals surface area contributed by atoms with Crippen molar-refractivity contribution in [3.05, 3.63) is 89.5 Å². The topological polar surface area (TPSA) is 94.0 Å². The Morgan fingerprint density at radius 1 is 1.03 bits per heavy atom. The number of hydrogen-bond acceptors (Lipinski definition) is 7. The minimum Gasteiger partial charge on any atom is -0.497 e. The van der Waals surface area contributed by atoms with Gasteiger partial charge in [-0.3, -0.25) is 9.78 Å². The van der Waals surface area contributed by atoms with E-state index in [4.69, 9.17) is 9.47 Å². The summed E-state index contributed by atoms with van der Waals surface area (Å²) in [5.74, 6) is -0.412. The normalized spacial score (nSPS) is 15.2. The quantitative estimate of drug-likeness (QED) is 0.557. The van der Waals surface area contributed by atoms with Gasteiger partial charge in [-0.25, -0.2) is 14.8 Å². The van der Waals surface area contributed by atoms with Gasteiger partial charge in [0, 0.05) is 12.6 Å². The second-order valence-corrected chi connectivity index (χ2v) is 7.26. The molecule has 0 N–H and O–H groups in total. The average molecular weight is 430 g/mol. The Kier molecular flexibility index (Phi) is 6.21. The number of esters is 1. The monoisotopic (exact) mass is 430 g/mol. The van der Waals surface area contributed by atoms with Gasteiger partial charge in [-0.05, 0) is 30.2 Å². The van der Waals surface area contributed by atoms with Crippen molar-refractivity contribution in [2.75, 3.05) is 13.7 Å². The van der Waals surface area contributed by atoms with E-state index in [1.54, 1.807) is 14.0 Å². The van der Waals surface area contributed by atoms with E-state index >= 15 is 0 Å². The fraction of sp³-hybridized carbons (Fsp3) is 0.208. The number of benzene rings is 2. The van der Waals surface area contributed by atoms with Gasteiger partial charge >= 0.3 is 5.97 Å². The van der Waals surface area contributed by atoms with Crippen molar-refractivity contribution >= 4 is 17.6 Å². The molecule has 32 heavy (non-hydrogen) atoms. The van der Waals surface area contributed by atoms with Gasteiger partial charge in [0.25, 0.3) is 5.91 Å². The van der Waals surface area contributed by atoms with Crippen molar-refractivity contribution in [3.63, 3.8) is 0 Å². The van der Waals surface area contributed by atoms with Crippen LogP contribution in [0.2, 0.25) is 0 Å². The zero-order valence-electron chi connectivity index (χ0n) is 17.8. The lowest BCUT2D eigenvalue weighted by Crippen LogP contribution is -2.31. The molecule has 0 spiro atoms. The van der Waals surface area contributed by atoms with Crippen LogP contribution in [0.25, 0.3) is 0 Å². The highest BCUT2D eigenvalue weighted by molar-refractivity contribution is 6.03. The first-order chi connectivity index (χ1) is 15.5. The molecule has 1 atom stereocenters. The zero-order valence-corrected chi connectivity index (χ0v) is 17.8. The predicted octanol–water partition coefficient (Wildman–Crippen LogP) is 3.33. The predicted molar refractivity (Wildman–Crippen MR) is 117 cm³/mol. The highest BCUT2D eigenvalue weighted by Gasteiger charge is 2.33. The third kappa shape index (κ3) is 4.64. The van der Waals surface area contributed by atoms with Crippen molar-refractivity contribution in [2.24, 2.45) is 5.10 Å². The molecular weight excluding hydrogens is 408 g/mol. The van der Waals surface area contributed by atoms with Crippen molar-refractivity contribution in [3.8, 4) is 5.75 Å². The third-order valence-electron chi connectivity index (χ3n) is 5.09. The van der Waals surface area contributed by atoms with Crippen LogP contribution >= 0.6 is 0 Å². The molecule has 0 saturated heterocycles. The molecule has 8 nitrogen and oxygen atoms in total. The summed E-state index contributed by atoms with van der Waals surface area (Å²) in [6.07, 6.45) is 3.33. The Morgan fingerprint density at radius 3 is 2.44 bits per heavy atom. The van der Waals surface area contributed by atoms with Crippen LogP contribution in [0.4, 0.5) is 0 Å².